The predicted octanol–water partition coefficient (Wildman–Crippen LogP) is 0.604. The van der Waals surface area contributed by atoms with Crippen LogP contribution >= 0.6 is 0 Å². The van der Waals surface area contributed by atoms with Crippen molar-refractivity contribution in [3.8, 4) is 11.5 Å². The number of ketones is 1. The predicted molar refractivity (Wildman–Crippen MR) is 157 cm³/mol. The van der Waals surface area contributed by atoms with Crippen LogP contribution in [0.2, 0.25) is 0 Å². The van der Waals surface area contributed by atoms with E-state index in [1.807, 2.05) is 0 Å². The number of hydrogen-bond donors (Lipinski definition) is 0. The molecule has 1 amide bonds. The van der Waals surface area contributed by atoms with Gasteiger partial charge in [0.05, 0.1) is 0 Å². The minimum atomic E-state index is -1.74. The summed E-state index contributed by atoms with van der Waals surface area (Å²) < 4.78 is 50.3. The largest absolute Gasteiger partial charge is 0.463 e. The third kappa shape index (κ3) is 8.10. The van der Waals surface area contributed by atoms with E-state index < -0.39 is 97.6 Å². The summed E-state index contributed by atoms with van der Waals surface area (Å²) in [4.78, 5) is 90.6. The van der Waals surface area contributed by atoms with Crippen molar-refractivity contribution in [2.24, 2.45) is 0 Å². The maximum absolute atomic E-state index is 14.2. The van der Waals surface area contributed by atoms with Crippen molar-refractivity contribution < 1.29 is 76.2 Å². The van der Waals surface area contributed by atoms with Crippen LogP contribution in [0.3, 0.4) is 0 Å². The summed E-state index contributed by atoms with van der Waals surface area (Å²) in [5, 5.41) is 0. The van der Waals surface area contributed by atoms with Gasteiger partial charge in [0.25, 0.3) is 5.91 Å². The van der Waals surface area contributed by atoms with E-state index in [0.717, 1.165) is 34.6 Å². The number of ether oxygens (including phenoxy) is 9. The number of carbonyl (C=O) groups excluding carboxylic acids is 7. The Balaban J connectivity index is 1.55. The Morgan fingerprint density at radius 3 is 2.04 bits per heavy atom. The van der Waals surface area contributed by atoms with Crippen LogP contribution in [-0.2, 0) is 73.3 Å². The normalized spacial score (nSPS) is 29.0. The van der Waals surface area contributed by atoms with E-state index in [4.69, 9.17) is 42.6 Å². The molecule has 0 radical (unpaired) electrons. The van der Waals surface area contributed by atoms with E-state index in [1.165, 1.54) is 4.90 Å². The van der Waals surface area contributed by atoms with Gasteiger partial charge in [-0.1, -0.05) is 0 Å². The van der Waals surface area contributed by atoms with Crippen LogP contribution in [-0.4, -0.2) is 109 Å². The number of esters is 5. The first-order valence-corrected chi connectivity index (χ1v) is 15.6. The Kier molecular flexibility index (Phi) is 10.7. The first-order chi connectivity index (χ1) is 23.2. The Bertz CT molecular complexity index is 1520. The van der Waals surface area contributed by atoms with Crippen molar-refractivity contribution in [1.82, 2.24) is 4.90 Å². The molecular formula is C32H37NO16. The molecule has 4 heterocycles. The summed E-state index contributed by atoms with van der Waals surface area (Å²) >= 11 is 0. The number of benzene rings is 1. The van der Waals surface area contributed by atoms with Gasteiger partial charge in [-0.05, 0) is 29.7 Å². The summed E-state index contributed by atoms with van der Waals surface area (Å²) in [6, 6.07) is 3.44. The van der Waals surface area contributed by atoms with E-state index in [-0.39, 0.29) is 32.1 Å². The van der Waals surface area contributed by atoms with E-state index >= 15 is 0 Å². The second-order valence-electron chi connectivity index (χ2n) is 11.9. The lowest BCUT2D eigenvalue weighted by molar-refractivity contribution is -0.321. The highest BCUT2D eigenvalue weighted by Gasteiger charge is 2.55. The summed E-state index contributed by atoms with van der Waals surface area (Å²) in [6.07, 6.45) is -11.2. The molecule has 266 valence electrons. The highest BCUT2D eigenvalue weighted by atomic mass is 16.7. The lowest BCUT2D eigenvalue weighted by Crippen LogP contribution is -2.64. The zero-order valence-corrected chi connectivity index (χ0v) is 27.5. The van der Waals surface area contributed by atoms with Gasteiger partial charge in [0.15, 0.2) is 36.1 Å². The van der Waals surface area contributed by atoms with Gasteiger partial charge in [0.1, 0.15) is 24.6 Å². The molecule has 0 spiro atoms. The molecule has 17 heteroatoms. The second-order valence-corrected chi connectivity index (χ2v) is 11.9. The summed E-state index contributed by atoms with van der Waals surface area (Å²) in [5.41, 5.74) is 1.30. The Morgan fingerprint density at radius 1 is 0.796 bits per heavy atom. The molecule has 0 N–H and O–H groups in total. The number of nitrogens with zero attached hydrogens (tertiary/aromatic N) is 1. The van der Waals surface area contributed by atoms with Crippen molar-refractivity contribution in [1.29, 1.82) is 0 Å². The van der Waals surface area contributed by atoms with Gasteiger partial charge in [-0.15, -0.1) is 0 Å². The molecule has 2 saturated heterocycles. The molecule has 0 aliphatic carbocycles. The van der Waals surface area contributed by atoms with Crippen molar-refractivity contribution in [3.63, 3.8) is 0 Å². The van der Waals surface area contributed by atoms with Gasteiger partial charge in [-0.2, -0.15) is 0 Å². The van der Waals surface area contributed by atoms with Crippen molar-refractivity contribution in [2.75, 3.05) is 19.9 Å². The minimum absolute atomic E-state index is 0.0000853. The molecule has 8 atom stereocenters. The first-order valence-electron chi connectivity index (χ1n) is 15.6. The summed E-state index contributed by atoms with van der Waals surface area (Å²) in [7, 11) is 0. The minimum Gasteiger partial charge on any atom is -0.463 e. The third-order valence-electron chi connectivity index (χ3n) is 8.29. The lowest BCUT2D eigenvalue weighted by Gasteiger charge is -2.45. The molecule has 1 aromatic carbocycles. The van der Waals surface area contributed by atoms with Gasteiger partial charge >= 0.3 is 29.8 Å². The van der Waals surface area contributed by atoms with Crippen molar-refractivity contribution in [2.45, 2.75) is 103 Å². The standard InChI is InChI=1S/C32H37NO16/c1-14(34)41-12-26-27(44-15(2)35)29(46-17(4)37)30(47-18(5)38)32(49-26)48-25-10-22(39)20-6-7-33(31(40)28(25)45-16(3)36)11-19-8-23-24(9-21(19)20)43-13-42-23/h8-9,20,25-30,32H,6-7,10-13H2,1-5H3/t20-,25-,26-,27-,28+,29+,30-,32-/m1/s1. The van der Waals surface area contributed by atoms with Crippen LogP contribution in [0, 0.1) is 0 Å². The fourth-order valence-electron chi connectivity index (χ4n) is 6.39. The van der Waals surface area contributed by atoms with E-state index in [0.29, 0.717) is 22.6 Å². The molecule has 2 fully saturated rings. The Labute approximate surface area is 280 Å². The third-order valence-corrected chi connectivity index (χ3v) is 8.29. The molecule has 1 aromatic rings. The monoisotopic (exact) mass is 691 g/mol. The summed E-state index contributed by atoms with van der Waals surface area (Å²) in [5.74, 6) is -4.99. The maximum Gasteiger partial charge on any atom is 0.303 e. The molecule has 5 rings (SSSR count). The van der Waals surface area contributed by atoms with Gasteiger partial charge in [-0.3, -0.25) is 33.6 Å². The second kappa shape index (κ2) is 14.8. The number of carbonyl (C=O) groups is 7. The fraction of sp³-hybridized carbons (Fsp3) is 0.594. The Hall–Kier alpha value is -4.77. The molecule has 4 aliphatic heterocycles. The van der Waals surface area contributed by atoms with Crippen molar-refractivity contribution >= 4 is 41.5 Å². The van der Waals surface area contributed by atoms with Crippen LogP contribution in [0.5, 0.6) is 11.5 Å². The molecule has 17 nitrogen and oxygen atoms in total. The number of rotatable bonds is 8. The van der Waals surface area contributed by atoms with Gasteiger partial charge in [0, 0.05) is 60.0 Å². The summed E-state index contributed by atoms with van der Waals surface area (Å²) in [6.45, 7) is 5.06. The lowest BCUT2D eigenvalue weighted by atomic mass is 9.86. The zero-order chi connectivity index (χ0) is 35.6. The van der Waals surface area contributed by atoms with Crippen LogP contribution in [0.4, 0.5) is 0 Å². The zero-order valence-electron chi connectivity index (χ0n) is 27.5. The fourth-order valence-corrected chi connectivity index (χ4v) is 6.39. The number of hydrogen-bond acceptors (Lipinski definition) is 16. The highest BCUT2D eigenvalue weighted by Crippen LogP contribution is 2.42. The average Bonchev–Trinajstić information content (AvgIpc) is 3.39. The van der Waals surface area contributed by atoms with Gasteiger partial charge in [-0.25, -0.2) is 0 Å². The Morgan fingerprint density at radius 2 is 1.41 bits per heavy atom. The molecule has 4 aliphatic rings. The number of amides is 1. The van der Waals surface area contributed by atoms with E-state index in [9.17, 15) is 33.6 Å². The van der Waals surface area contributed by atoms with Crippen LogP contribution < -0.4 is 9.47 Å². The molecule has 2 bridgehead atoms. The van der Waals surface area contributed by atoms with Crippen LogP contribution in [0.25, 0.3) is 0 Å². The quantitative estimate of drug-likeness (QED) is 0.270. The maximum atomic E-state index is 14.2. The average molecular weight is 692 g/mol. The van der Waals surface area contributed by atoms with E-state index in [2.05, 4.69) is 0 Å². The van der Waals surface area contributed by atoms with Crippen LogP contribution in [0.15, 0.2) is 12.1 Å². The first kappa shape index (κ1) is 35.5. The number of fused-ring (bicyclic) bond motifs is 6. The topological polar surface area (TPSA) is 206 Å². The van der Waals surface area contributed by atoms with Gasteiger partial charge < -0.3 is 47.5 Å². The van der Waals surface area contributed by atoms with Gasteiger partial charge in [0.2, 0.25) is 12.9 Å². The smallest absolute Gasteiger partial charge is 0.303 e. The molecule has 49 heavy (non-hydrogen) atoms. The molecular weight excluding hydrogens is 654 g/mol. The molecule has 0 saturated carbocycles. The molecule has 0 unspecified atom stereocenters. The highest BCUT2D eigenvalue weighted by molar-refractivity contribution is 5.91. The number of Topliss-reactive ketones (excluding diaryl/α,β-unsaturated/α-hetero) is 1. The van der Waals surface area contributed by atoms with E-state index in [1.54, 1.807) is 12.1 Å². The SMILES string of the molecule is CC(=O)OC[C@H]1O[C@@H](O[C@@H]2CC(=O)[C@@H]3CCN(Cc4cc5c(cc43)OCO5)C(=O)[C@H]2OC(C)=O)[C@H](OC(C)=O)[C@@H](OC(C)=O)[C@@H]1OC(C)=O. The molecule has 0 aromatic heterocycles. The van der Waals surface area contributed by atoms with Crippen LogP contribution in [0.1, 0.15) is 64.5 Å². The van der Waals surface area contributed by atoms with Crippen molar-refractivity contribution in [3.05, 3.63) is 23.3 Å².